The van der Waals surface area contributed by atoms with Crippen LogP contribution in [-0.2, 0) is 11.3 Å². The molecule has 1 atom stereocenters. The fraction of sp³-hybridized carbons (Fsp3) is 0.727. The zero-order valence-corrected chi connectivity index (χ0v) is 11.9. The maximum absolute atomic E-state index is 11.8. The lowest BCUT2D eigenvalue weighted by Crippen LogP contribution is -2.55. The van der Waals surface area contributed by atoms with Gasteiger partial charge in [-0.25, -0.2) is 4.98 Å². The van der Waals surface area contributed by atoms with Crippen LogP contribution in [0.2, 0.25) is 0 Å². The third kappa shape index (κ3) is 4.62. The molecule has 104 valence electrons. The molecule has 1 aromatic rings. The molecular weight excluding hydrogens is 254 g/mol. The second-order valence-electron chi connectivity index (χ2n) is 4.73. The number of rotatable bonds is 6. The Morgan fingerprint density at radius 2 is 2.22 bits per heavy atom. The Labute approximate surface area is 114 Å². The predicted octanol–water partition coefficient (Wildman–Crippen LogP) is 0.580. The molecule has 18 heavy (non-hydrogen) atoms. The van der Waals surface area contributed by atoms with Gasteiger partial charge in [-0.05, 0) is 12.8 Å². The summed E-state index contributed by atoms with van der Waals surface area (Å²) in [7, 11) is 0. The Bertz CT molecular complexity index is 354. The van der Waals surface area contributed by atoms with Gasteiger partial charge < -0.3 is 11.1 Å². The van der Waals surface area contributed by atoms with E-state index in [2.05, 4.69) is 15.4 Å². The molecule has 0 aliphatic heterocycles. The van der Waals surface area contributed by atoms with E-state index in [0.29, 0.717) is 25.4 Å². The van der Waals surface area contributed by atoms with Gasteiger partial charge in [-0.15, -0.1) is 12.4 Å². The van der Waals surface area contributed by atoms with Gasteiger partial charge in [0.05, 0.1) is 12.1 Å². The predicted molar refractivity (Wildman–Crippen MR) is 72.3 cm³/mol. The van der Waals surface area contributed by atoms with Gasteiger partial charge >= 0.3 is 0 Å². The fourth-order valence-electron chi connectivity index (χ4n) is 1.38. The smallest absolute Gasteiger partial charge is 0.222 e. The minimum atomic E-state index is -0.348. The molecule has 0 bridgehead atoms. The van der Waals surface area contributed by atoms with Gasteiger partial charge in [-0.1, -0.05) is 13.8 Å². The molecule has 6 nitrogen and oxygen atoms in total. The van der Waals surface area contributed by atoms with E-state index in [-0.39, 0.29) is 23.9 Å². The maximum atomic E-state index is 11.8. The molecule has 1 heterocycles. The summed E-state index contributed by atoms with van der Waals surface area (Å²) in [6.07, 6.45) is 3.43. The summed E-state index contributed by atoms with van der Waals surface area (Å²) >= 11 is 0. The highest BCUT2D eigenvalue weighted by atomic mass is 35.5. The number of nitrogens with zero attached hydrogens (tertiary/aromatic N) is 3. The highest BCUT2D eigenvalue weighted by Crippen LogP contribution is 2.14. The number of aryl methyl sites for hydroxylation is 1. The monoisotopic (exact) mass is 275 g/mol. The Morgan fingerprint density at radius 3 is 2.67 bits per heavy atom. The molecule has 1 rings (SSSR count). The number of amides is 1. The zero-order chi connectivity index (χ0) is 12.9. The van der Waals surface area contributed by atoms with E-state index >= 15 is 0 Å². The average molecular weight is 276 g/mol. The highest BCUT2D eigenvalue weighted by molar-refractivity contribution is 5.85. The first-order valence-electron chi connectivity index (χ1n) is 5.81. The largest absolute Gasteiger partial charge is 0.349 e. The number of nitrogens with two attached hydrogens (primary N) is 1. The first kappa shape index (κ1) is 16.9. The molecule has 7 heteroatoms. The summed E-state index contributed by atoms with van der Waals surface area (Å²) in [6.45, 7) is 7.02. The molecule has 0 aliphatic carbocycles. The summed E-state index contributed by atoms with van der Waals surface area (Å²) in [4.78, 5) is 15.6. The standard InChI is InChI=1S/C11H21N5O.ClH/c1-9(2)11(3,6-12)15-10(17)4-5-16-8-13-7-14-16;/h7-9H,4-6,12H2,1-3H3,(H,15,17);1H. The van der Waals surface area contributed by atoms with Crippen LogP contribution in [0.5, 0.6) is 0 Å². The summed E-state index contributed by atoms with van der Waals surface area (Å²) in [6, 6.07) is 0. The van der Waals surface area contributed by atoms with Crippen LogP contribution in [0.1, 0.15) is 27.2 Å². The van der Waals surface area contributed by atoms with E-state index in [1.807, 2.05) is 20.8 Å². The van der Waals surface area contributed by atoms with Gasteiger partial charge in [-0.3, -0.25) is 9.48 Å². The summed E-state index contributed by atoms with van der Waals surface area (Å²) in [5.74, 6) is 0.282. The number of carbonyl (C=O) groups excluding carboxylic acids is 1. The molecule has 0 spiro atoms. The lowest BCUT2D eigenvalue weighted by molar-refractivity contribution is -0.123. The number of nitrogens with one attached hydrogen (secondary N) is 1. The Morgan fingerprint density at radius 1 is 1.56 bits per heavy atom. The Kier molecular flexibility index (Phi) is 6.86. The van der Waals surface area contributed by atoms with Crippen molar-refractivity contribution >= 4 is 18.3 Å². The van der Waals surface area contributed by atoms with Crippen molar-refractivity contribution in [1.82, 2.24) is 20.1 Å². The normalized spacial score (nSPS) is 13.8. The van der Waals surface area contributed by atoms with Crippen molar-refractivity contribution in [2.45, 2.75) is 39.3 Å². The second kappa shape index (κ2) is 7.33. The van der Waals surface area contributed by atoms with Crippen molar-refractivity contribution in [3.63, 3.8) is 0 Å². The van der Waals surface area contributed by atoms with Crippen LogP contribution >= 0.6 is 12.4 Å². The highest BCUT2D eigenvalue weighted by Gasteiger charge is 2.28. The fourth-order valence-corrected chi connectivity index (χ4v) is 1.38. The maximum Gasteiger partial charge on any atom is 0.222 e. The zero-order valence-electron chi connectivity index (χ0n) is 11.1. The first-order valence-corrected chi connectivity index (χ1v) is 5.81. The number of carbonyl (C=O) groups is 1. The summed E-state index contributed by atoms with van der Waals surface area (Å²) < 4.78 is 1.63. The van der Waals surface area contributed by atoms with Crippen LogP contribution in [0.3, 0.4) is 0 Å². The number of aromatic nitrogens is 3. The van der Waals surface area contributed by atoms with Crippen molar-refractivity contribution in [2.75, 3.05) is 6.54 Å². The SMILES string of the molecule is CC(C)C(C)(CN)NC(=O)CCn1cncn1.Cl. The lowest BCUT2D eigenvalue weighted by Gasteiger charge is -2.33. The van der Waals surface area contributed by atoms with Gasteiger partial charge in [0, 0.05) is 13.0 Å². The van der Waals surface area contributed by atoms with Crippen molar-refractivity contribution in [2.24, 2.45) is 11.7 Å². The number of hydrogen-bond donors (Lipinski definition) is 2. The number of hydrogen-bond acceptors (Lipinski definition) is 4. The van der Waals surface area contributed by atoms with E-state index < -0.39 is 0 Å². The van der Waals surface area contributed by atoms with Crippen molar-refractivity contribution in [3.8, 4) is 0 Å². The van der Waals surface area contributed by atoms with E-state index in [1.165, 1.54) is 6.33 Å². The molecule has 0 fully saturated rings. The summed E-state index contributed by atoms with van der Waals surface area (Å²) in [5, 5.41) is 6.92. The van der Waals surface area contributed by atoms with Crippen molar-refractivity contribution in [1.29, 1.82) is 0 Å². The first-order chi connectivity index (χ1) is 7.98. The van der Waals surface area contributed by atoms with E-state index in [0.717, 1.165) is 0 Å². The van der Waals surface area contributed by atoms with E-state index in [1.54, 1.807) is 11.0 Å². The van der Waals surface area contributed by atoms with Gasteiger partial charge in [0.15, 0.2) is 0 Å². The third-order valence-corrected chi connectivity index (χ3v) is 3.16. The molecule has 0 saturated heterocycles. The Hall–Kier alpha value is -1.14. The minimum absolute atomic E-state index is 0. The lowest BCUT2D eigenvalue weighted by atomic mass is 9.88. The molecule has 0 aliphatic rings. The second-order valence-corrected chi connectivity index (χ2v) is 4.73. The third-order valence-electron chi connectivity index (χ3n) is 3.16. The van der Waals surface area contributed by atoms with Gasteiger partial charge in [0.25, 0.3) is 0 Å². The van der Waals surface area contributed by atoms with Crippen LogP contribution in [0.4, 0.5) is 0 Å². The van der Waals surface area contributed by atoms with Crippen molar-refractivity contribution < 1.29 is 4.79 Å². The molecular formula is C11H22ClN5O. The summed E-state index contributed by atoms with van der Waals surface area (Å²) in [5.41, 5.74) is 5.36. The van der Waals surface area contributed by atoms with Gasteiger partial charge in [0.1, 0.15) is 12.7 Å². The molecule has 3 N–H and O–H groups in total. The Balaban J connectivity index is 0.00000289. The van der Waals surface area contributed by atoms with Gasteiger partial charge in [0.2, 0.25) is 5.91 Å². The quantitative estimate of drug-likeness (QED) is 0.795. The van der Waals surface area contributed by atoms with E-state index in [4.69, 9.17) is 5.73 Å². The molecule has 1 unspecified atom stereocenters. The van der Waals surface area contributed by atoms with Gasteiger partial charge in [-0.2, -0.15) is 5.10 Å². The molecule has 0 radical (unpaired) electrons. The molecule has 1 aromatic heterocycles. The molecule has 0 saturated carbocycles. The molecule has 0 aromatic carbocycles. The minimum Gasteiger partial charge on any atom is -0.349 e. The van der Waals surface area contributed by atoms with Crippen LogP contribution in [0.15, 0.2) is 12.7 Å². The molecule has 1 amide bonds. The van der Waals surface area contributed by atoms with Crippen molar-refractivity contribution in [3.05, 3.63) is 12.7 Å². The van der Waals surface area contributed by atoms with Crippen LogP contribution in [0, 0.1) is 5.92 Å². The average Bonchev–Trinajstić information content (AvgIpc) is 2.78. The van der Waals surface area contributed by atoms with Crippen LogP contribution in [-0.4, -0.2) is 32.8 Å². The van der Waals surface area contributed by atoms with Crippen LogP contribution < -0.4 is 11.1 Å². The topological polar surface area (TPSA) is 85.8 Å². The number of halogens is 1. The van der Waals surface area contributed by atoms with E-state index in [9.17, 15) is 4.79 Å². The van der Waals surface area contributed by atoms with Crippen LogP contribution in [0.25, 0.3) is 0 Å².